The van der Waals surface area contributed by atoms with Crippen LogP contribution in [0.2, 0.25) is 10.0 Å². The Hall–Kier alpha value is -2.57. The van der Waals surface area contributed by atoms with E-state index in [4.69, 9.17) is 23.2 Å². The molecule has 2 N–H and O–H groups in total. The van der Waals surface area contributed by atoms with Crippen LogP contribution in [0, 0.1) is 5.92 Å². The molecule has 8 heteroatoms. The summed E-state index contributed by atoms with van der Waals surface area (Å²) >= 11 is 11.8. The van der Waals surface area contributed by atoms with Crippen LogP contribution >= 0.6 is 23.2 Å². The van der Waals surface area contributed by atoms with E-state index in [-0.39, 0.29) is 48.2 Å². The molecule has 0 bridgehead atoms. The second-order valence-corrected chi connectivity index (χ2v) is 7.68. The Labute approximate surface area is 179 Å². The molecule has 0 saturated carbocycles. The van der Waals surface area contributed by atoms with Gasteiger partial charge in [0.05, 0.1) is 16.5 Å². The van der Waals surface area contributed by atoms with Crippen molar-refractivity contribution in [2.45, 2.75) is 13.0 Å². The first-order valence-electron chi connectivity index (χ1n) is 9.26. The lowest BCUT2D eigenvalue weighted by Crippen LogP contribution is -2.38. The molecular weight excluding hydrogens is 413 g/mol. The Bertz CT molecular complexity index is 905. The molecule has 6 nitrogen and oxygen atoms in total. The zero-order valence-electron chi connectivity index (χ0n) is 15.7. The van der Waals surface area contributed by atoms with Crippen LogP contribution in [0.15, 0.2) is 48.5 Å². The van der Waals surface area contributed by atoms with E-state index in [2.05, 4.69) is 10.6 Å². The van der Waals surface area contributed by atoms with E-state index in [1.54, 1.807) is 17.0 Å². The van der Waals surface area contributed by atoms with Crippen molar-refractivity contribution < 1.29 is 14.4 Å². The van der Waals surface area contributed by atoms with Gasteiger partial charge >= 0.3 is 0 Å². The third-order valence-electron chi connectivity index (χ3n) is 4.69. The summed E-state index contributed by atoms with van der Waals surface area (Å²) in [6, 6.07) is 14.3. The van der Waals surface area contributed by atoms with Crippen LogP contribution in [0.1, 0.15) is 22.3 Å². The molecule has 3 rings (SSSR count). The Morgan fingerprint density at radius 2 is 1.76 bits per heavy atom. The van der Waals surface area contributed by atoms with Gasteiger partial charge in [0.15, 0.2) is 0 Å². The molecule has 0 radical (unpaired) electrons. The van der Waals surface area contributed by atoms with Crippen LogP contribution in [-0.2, 0) is 16.1 Å². The largest absolute Gasteiger partial charge is 0.354 e. The topological polar surface area (TPSA) is 78.5 Å². The van der Waals surface area contributed by atoms with Gasteiger partial charge in [-0.2, -0.15) is 0 Å². The highest BCUT2D eigenvalue weighted by Crippen LogP contribution is 2.21. The zero-order valence-corrected chi connectivity index (χ0v) is 17.2. The van der Waals surface area contributed by atoms with Crippen molar-refractivity contribution in [3.63, 3.8) is 0 Å². The summed E-state index contributed by atoms with van der Waals surface area (Å²) in [6.07, 6.45) is 0.200. The van der Waals surface area contributed by atoms with Gasteiger partial charge in [-0.05, 0) is 23.8 Å². The summed E-state index contributed by atoms with van der Waals surface area (Å²) in [6.45, 7) is 1.41. The highest BCUT2D eigenvalue weighted by Gasteiger charge is 2.33. The molecule has 2 aromatic rings. The summed E-state index contributed by atoms with van der Waals surface area (Å²) in [5, 5.41) is 6.19. The molecule has 1 saturated heterocycles. The minimum absolute atomic E-state index is 0.0281. The van der Waals surface area contributed by atoms with E-state index < -0.39 is 0 Å². The number of halogens is 2. The van der Waals surface area contributed by atoms with Crippen LogP contribution in [0.25, 0.3) is 0 Å². The molecule has 3 amide bonds. The Kier molecular flexibility index (Phi) is 7.12. The average molecular weight is 434 g/mol. The van der Waals surface area contributed by atoms with Crippen LogP contribution < -0.4 is 10.6 Å². The standard InChI is InChI=1S/C21H21Cl2N3O3/c22-16-6-7-17(18(23)11-16)21(29)25-9-8-24-20(28)15-10-19(27)26(13-15)12-14-4-2-1-3-5-14/h1-7,11,15H,8-10,12-13H2,(H,24,28)(H,25,29)/t15-/m0/s1. The first-order chi connectivity index (χ1) is 13.9. The molecule has 1 fully saturated rings. The van der Waals surface area contributed by atoms with E-state index in [1.807, 2.05) is 30.3 Å². The molecule has 29 heavy (non-hydrogen) atoms. The van der Waals surface area contributed by atoms with Gasteiger partial charge in [-0.25, -0.2) is 0 Å². The monoisotopic (exact) mass is 433 g/mol. The van der Waals surface area contributed by atoms with Gasteiger partial charge in [0.1, 0.15) is 0 Å². The highest BCUT2D eigenvalue weighted by atomic mass is 35.5. The van der Waals surface area contributed by atoms with Crippen LogP contribution in [0.4, 0.5) is 0 Å². The summed E-state index contributed by atoms with van der Waals surface area (Å²) in [4.78, 5) is 38.4. The molecule has 0 aliphatic carbocycles. The zero-order chi connectivity index (χ0) is 20.8. The number of likely N-dealkylation sites (tertiary alicyclic amines) is 1. The lowest BCUT2D eigenvalue weighted by atomic mass is 10.1. The molecule has 1 aliphatic rings. The lowest BCUT2D eigenvalue weighted by Gasteiger charge is -2.16. The Morgan fingerprint density at radius 3 is 2.48 bits per heavy atom. The number of nitrogens with one attached hydrogen (secondary N) is 2. The quantitative estimate of drug-likeness (QED) is 0.658. The number of rotatable bonds is 7. The maximum Gasteiger partial charge on any atom is 0.252 e. The second-order valence-electron chi connectivity index (χ2n) is 6.83. The normalized spacial score (nSPS) is 16.0. The number of carbonyl (C=O) groups is 3. The van der Waals surface area contributed by atoms with Gasteiger partial charge in [-0.3, -0.25) is 14.4 Å². The molecule has 0 unspecified atom stereocenters. The number of nitrogens with zero attached hydrogens (tertiary/aromatic N) is 1. The van der Waals surface area contributed by atoms with Crippen LogP contribution in [-0.4, -0.2) is 42.3 Å². The predicted molar refractivity (Wildman–Crippen MR) is 112 cm³/mol. The number of carbonyl (C=O) groups excluding carboxylic acids is 3. The number of hydrogen-bond acceptors (Lipinski definition) is 3. The van der Waals surface area contributed by atoms with Crippen molar-refractivity contribution in [3.8, 4) is 0 Å². The summed E-state index contributed by atoms with van der Waals surface area (Å²) < 4.78 is 0. The fraction of sp³-hybridized carbons (Fsp3) is 0.286. The minimum atomic E-state index is -0.382. The fourth-order valence-electron chi connectivity index (χ4n) is 3.18. The number of amides is 3. The Morgan fingerprint density at radius 1 is 1.03 bits per heavy atom. The maximum absolute atomic E-state index is 12.4. The summed E-state index contributed by atoms with van der Waals surface area (Å²) in [5.74, 6) is -0.939. The maximum atomic E-state index is 12.4. The molecule has 152 valence electrons. The summed E-state index contributed by atoms with van der Waals surface area (Å²) in [5.41, 5.74) is 1.35. The van der Waals surface area contributed by atoms with Crippen LogP contribution in [0.5, 0.6) is 0 Å². The minimum Gasteiger partial charge on any atom is -0.354 e. The van der Waals surface area contributed by atoms with Crippen molar-refractivity contribution >= 4 is 40.9 Å². The predicted octanol–water partition coefficient (Wildman–Crippen LogP) is 2.89. The SMILES string of the molecule is O=C(NCCNC(=O)[C@H]1CC(=O)N(Cc2ccccc2)C1)c1ccc(Cl)cc1Cl. The highest BCUT2D eigenvalue weighted by molar-refractivity contribution is 6.36. The molecule has 0 aromatic heterocycles. The van der Waals surface area contributed by atoms with E-state index in [9.17, 15) is 14.4 Å². The van der Waals surface area contributed by atoms with Crippen molar-refractivity contribution in [3.05, 3.63) is 69.7 Å². The molecule has 1 aliphatic heterocycles. The molecule has 2 aromatic carbocycles. The molecule has 1 atom stereocenters. The average Bonchev–Trinajstić information content (AvgIpc) is 3.06. The molecular formula is C21H21Cl2N3O3. The van der Waals surface area contributed by atoms with Crippen molar-refractivity contribution in [2.24, 2.45) is 5.92 Å². The fourth-order valence-corrected chi connectivity index (χ4v) is 3.67. The van der Waals surface area contributed by atoms with Gasteiger partial charge in [0.25, 0.3) is 5.91 Å². The summed E-state index contributed by atoms with van der Waals surface area (Å²) in [7, 11) is 0. The van der Waals surface area contributed by atoms with Crippen LogP contribution in [0.3, 0.4) is 0 Å². The van der Waals surface area contributed by atoms with E-state index in [1.165, 1.54) is 6.07 Å². The van der Waals surface area contributed by atoms with Crippen molar-refractivity contribution in [1.29, 1.82) is 0 Å². The van der Waals surface area contributed by atoms with E-state index >= 15 is 0 Å². The van der Waals surface area contributed by atoms with Gasteiger partial charge in [0.2, 0.25) is 11.8 Å². The molecule has 1 heterocycles. The van der Waals surface area contributed by atoms with E-state index in [0.29, 0.717) is 23.7 Å². The Balaban J connectivity index is 1.41. The lowest BCUT2D eigenvalue weighted by molar-refractivity contribution is -0.129. The smallest absolute Gasteiger partial charge is 0.252 e. The molecule has 0 spiro atoms. The second kappa shape index (κ2) is 9.76. The van der Waals surface area contributed by atoms with Crippen molar-refractivity contribution in [1.82, 2.24) is 15.5 Å². The van der Waals surface area contributed by atoms with Gasteiger partial charge in [-0.1, -0.05) is 53.5 Å². The van der Waals surface area contributed by atoms with Gasteiger partial charge in [0, 0.05) is 37.6 Å². The number of benzene rings is 2. The third-order valence-corrected chi connectivity index (χ3v) is 5.23. The first-order valence-corrected chi connectivity index (χ1v) is 10.0. The number of hydrogen-bond donors (Lipinski definition) is 2. The van der Waals surface area contributed by atoms with Gasteiger partial charge in [-0.15, -0.1) is 0 Å². The van der Waals surface area contributed by atoms with E-state index in [0.717, 1.165) is 5.56 Å². The van der Waals surface area contributed by atoms with Crippen molar-refractivity contribution in [2.75, 3.05) is 19.6 Å². The first kappa shape index (κ1) is 21.1. The van der Waals surface area contributed by atoms with Gasteiger partial charge < -0.3 is 15.5 Å². The third kappa shape index (κ3) is 5.71.